The van der Waals surface area contributed by atoms with Gasteiger partial charge in [0, 0.05) is 25.8 Å². The zero-order valence-electron chi connectivity index (χ0n) is 3.33. The van der Waals surface area contributed by atoms with Gasteiger partial charge in [0.1, 0.15) is 0 Å². The van der Waals surface area contributed by atoms with Crippen LogP contribution in [0.2, 0.25) is 0 Å². The molecule has 5 nitrogen and oxygen atoms in total. The van der Waals surface area contributed by atoms with Crippen molar-refractivity contribution in [3.05, 3.63) is 0 Å². The number of hydrogen-bond acceptors (Lipinski definition) is 3. The van der Waals surface area contributed by atoms with Crippen molar-refractivity contribution in [2.24, 2.45) is 0 Å². The van der Waals surface area contributed by atoms with Gasteiger partial charge >= 0.3 is 10.4 Å². The average Bonchev–Trinajstić information content (AvgIpc) is 0.722. The molecule has 0 fully saturated rings. The Morgan fingerprint density at radius 1 is 1.14 bits per heavy atom. The van der Waals surface area contributed by atoms with E-state index < -0.39 is 10.4 Å². The third-order valence-electron chi connectivity index (χ3n) is 0. The van der Waals surface area contributed by atoms with E-state index in [0.29, 0.717) is 0 Å². The van der Waals surface area contributed by atoms with Crippen molar-refractivity contribution >= 4 is 10.4 Å². The predicted octanol–water partition coefficient (Wildman–Crippen LogP) is -0.493. The van der Waals surface area contributed by atoms with Crippen molar-refractivity contribution in [1.29, 1.82) is 0 Å². The maximum Gasteiger partial charge on any atom is 0.394 e. The number of hydrogen-bond donors (Lipinski definition) is 3. The molecular weight excluding hydrogens is 289 g/mol. The third kappa shape index (κ3) is 302. The Bertz CT molecular complexity index is 94.9. The molecule has 0 aliphatic rings. The molecule has 0 spiro atoms. The summed E-state index contributed by atoms with van der Waals surface area (Å²) < 4.78 is 31.6. The van der Waals surface area contributed by atoms with Gasteiger partial charge in [0.2, 0.25) is 0 Å². The van der Waals surface area contributed by atoms with Crippen LogP contribution in [0.4, 0.5) is 0 Å². The van der Waals surface area contributed by atoms with Crippen molar-refractivity contribution < 1.29 is 43.4 Å². The van der Waals surface area contributed by atoms with Crippen LogP contribution in [0.1, 0.15) is 0 Å². The molecule has 0 saturated carbocycles. The minimum Gasteiger partial charge on any atom is -0.344 e. The summed E-state index contributed by atoms with van der Waals surface area (Å²) in [5.74, 6) is 0. The van der Waals surface area contributed by atoms with Crippen LogP contribution in [0, 0.1) is 0 Å². The topological polar surface area (TPSA) is 110 Å². The Kier molecular flexibility index (Phi) is 10.8. The van der Waals surface area contributed by atoms with Crippen LogP contribution in [0.25, 0.3) is 0 Å². The molecule has 0 aliphatic carbocycles. The zero-order chi connectivity index (χ0) is 4.50. The smallest absolute Gasteiger partial charge is 0.344 e. The van der Waals surface area contributed by atoms with Gasteiger partial charge < -0.3 is 6.15 Å². The van der Waals surface area contributed by atoms with E-state index in [1.807, 2.05) is 0 Å². The Morgan fingerprint density at radius 2 is 1.14 bits per heavy atom. The molecule has 0 unspecified atom stereocenters. The Hall–Kier alpha value is 0.700. The molecule has 0 aliphatic heterocycles. The molecule has 0 radical (unpaired) electrons. The van der Waals surface area contributed by atoms with Gasteiger partial charge in [-0.2, -0.15) is 8.42 Å². The maximum absolute atomic E-state index is 8.74. The van der Waals surface area contributed by atoms with Crippen molar-refractivity contribution in [1.82, 2.24) is 6.15 Å². The Labute approximate surface area is 60.1 Å². The van der Waals surface area contributed by atoms with Crippen LogP contribution in [-0.4, -0.2) is 17.5 Å². The van der Waals surface area contributed by atoms with E-state index in [1.165, 1.54) is 0 Å². The first-order valence-electron chi connectivity index (χ1n) is 0.698. The summed E-state index contributed by atoms with van der Waals surface area (Å²) in [4.78, 5) is 0. The van der Waals surface area contributed by atoms with Crippen molar-refractivity contribution in [3.8, 4) is 0 Å². The van der Waals surface area contributed by atoms with E-state index in [4.69, 9.17) is 17.5 Å². The van der Waals surface area contributed by atoms with Gasteiger partial charge in [0.05, 0.1) is 0 Å². The van der Waals surface area contributed by atoms with Gasteiger partial charge in [-0.1, -0.05) is 0 Å². The molecule has 0 aromatic rings. The third-order valence-corrected chi connectivity index (χ3v) is 0. The molecule has 5 N–H and O–H groups in total. The summed E-state index contributed by atoms with van der Waals surface area (Å²) in [7, 11) is -4.67. The predicted molar refractivity (Wildman–Crippen MR) is 19.2 cm³/mol. The first kappa shape index (κ1) is 15.6. The fourth-order valence-electron chi connectivity index (χ4n) is 0. The molecule has 0 saturated heterocycles. The molecule has 0 amide bonds. The summed E-state index contributed by atoms with van der Waals surface area (Å²) in [5, 5.41) is 0. The SMILES string of the molecule is N.O=S(=O)(O)O.[Hf]. The maximum atomic E-state index is 8.74. The fraction of sp³-hybridized carbons (Fsp3) is 0. The molecule has 0 aromatic heterocycles. The van der Waals surface area contributed by atoms with Gasteiger partial charge in [0.15, 0.2) is 0 Å². The van der Waals surface area contributed by atoms with Crippen molar-refractivity contribution in [2.75, 3.05) is 0 Å². The van der Waals surface area contributed by atoms with Crippen LogP contribution < -0.4 is 6.15 Å². The minimum atomic E-state index is -4.67. The van der Waals surface area contributed by atoms with Gasteiger partial charge in [-0.25, -0.2) is 0 Å². The molecule has 0 atom stereocenters. The monoisotopic (exact) mass is 295 g/mol. The molecule has 7 heavy (non-hydrogen) atoms. The van der Waals surface area contributed by atoms with Crippen LogP contribution in [0.3, 0.4) is 0 Å². The summed E-state index contributed by atoms with van der Waals surface area (Å²) in [6, 6.07) is 0. The Morgan fingerprint density at radius 3 is 1.14 bits per heavy atom. The van der Waals surface area contributed by atoms with Crippen LogP contribution >= 0.6 is 0 Å². The molecular formula is H5HfNO4S. The van der Waals surface area contributed by atoms with E-state index in [0.717, 1.165) is 0 Å². The van der Waals surface area contributed by atoms with Crippen LogP contribution in [0.15, 0.2) is 0 Å². The molecule has 0 rings (SSSR count). The zero-order valence-corrected chi connectivity index (χ0v) is 7.74. The normalized spacial score (nSPS) is 8.29. The first-order valence-corrected chi connectivity index (χ1v) is 2.10. The summed E-state index contributed by atoms with van der Waals surface area (Å²) in [6.07, 6.45) is 0. The molecule has 0 bridgehead atoms. The average molecular weight is 294 g/mol. The second-order valence-corrected chi connectivity index (χ2v) is 1.34. The standard InChI is InChI=1S/Hf.H3N.H2O4S/c;;1-5(2,3)4/h;1H3;(H2,1,2,3,4). The Balaban J connectivity index is -0.0000000800. The second kappa shape index (κ2) is 4.85. The molecule has 0 aromatic carbocycles. The molecule has 44 valence electrons. The van der Waals surface area contributed by atoms with Gasteiger partial charge in [-0.05, 0) is 0 Å². The fourth-order valence-corrected chi connectivity index (χ4v) is 0. The van der Waals surface area contributed by atoms with E-state index >= 15 is 0 Å². The van der Waals surface area contributed by atoms with Crippen molar-refractivity contribution in [2.45, 2.75) is 0 Å². The quantitative estimate of drug-likeness (QED) is 0.412. The van der Waals surface area contributed by atoms with E-state index in [-0.39, 0.29) is 32.0 Å². The molecule has 7 heteroatoms. The minimum absolute atomic E-state index is 0. The van der Waals surface area contributed by atoms with Crippen LogP contribution in [0.5, 0.6) is 0 Å². The van der Waals surface area contributed by atoms with E-state index in [9.17, 15) is 0 Å². The van der Waals surface area contributed by atoms with Gasteiger partial charge in [0.25, 0.3) is 0 Å². The van der Waals surface area contributed by atoms with E-state index in [2.05, 4.69) is 0 Å². The van der Waals surface area contributed by atoms with Gasteiger partial charge in [-0.15, -0.1) is 0 Å². The summed E-state index contributed by atoms with van der Waals surface area (Å²) in [6.45, 7) is 0. The first-order chi connectivity index (χ1) is 2.00. The largest absolute Gasteiger partial charge is 0.394 e. The summed E-state index contributed by atoms with van der Waals surface area (Å²) >= 11 is 0. The summed E-state index contributed by atoms with van der Waals surface area (Å²) in [5.41, 5.74) is 0. The van der Waals surface area contributed by atoms with Crippen LogP contribution in [-0.2, 0) is 36.2 Å². The number of rotatable bonds is 0. The second-order valence-electron chi connectivity index (χ2n) is 0.448. The van der Waals surface area contributed by atoms with E-state index in [1.54, 1.807) is 0 Å². The van der Waals surface area contributed by atoms with Gasteiger partial charge in [-0.3, -0.25) is 9.11 Å². The van der Waals surface area contributed by atoms with Crippen molar-refractivity contribution in [3.63, 3.8) is 0 Å². The molecule has 0 heterocycles.